The van der Waals surface area contributed by atoms with Crippen LogP contribution in [0, 0.1) is 10.1 Å². The van der Waals surface area contributed by atoms with Crippen LogP contribution in [-0.4, -0.2) is 27.5 Å². The van der Waals surface area contributed by atoms with Crippen LogP contribution in [0.2, 0.25) is 0 Å². The van der Waals surface area contributed by atoms with Gasteiger partial charge in [-0.25, -0.2) is 9.78 Å². The third-order valence-electron chi connectivity index (χ3n) is 4.37. The molecule has 4 aromatic rings. The molecule has 134 valence electrons. The maximum atomic E-state index is 12.5. The maximum Gasteiger partial charge on any atom is 0.340 e. The lowest BCUT2D eigenvalue weighted by atomic mass is 9.96. The van der Waals surface area contributed by atoms with E-state index in [0.717, 1.165) is 5.56 Å². The van der Waals surface area contributed by atoms with Crippen LogP contribution in [0.25, 0.3) is 33.1 Å². The van der Waals surface area contributed by atoms with Crippen LogP contribution >= 0.6 is 0 Å². The van der Waals surface area contributed by atoms with Gasteiger partial charge < -0.3 is 9.72 Å². The molecule has 0 unspecified atom stereocenters. The van der Waals surface area contributed by atoms with Crippen LogP contribution in [0.3, 0.4) is 0 Å². The summed E-state index contributed by atoms with van der Waals surface area (Å²) in [6.45, 7) is 1.98. The molecule has 7 heteroatoms. The van der Waals surface area contributed by atoms with Gasteiger partial charge in [0, 0.05) is 40.2 Å². The van der Waals surface area contributed by atoms with Crippen LogP contribution < -0.4 is 0 Å². The molecule has 27 heavy (non-hydrogen) atoms. The lowest BCUT2D eigenvalue weighted by molar-refractivity contribution is -0.384. The van der Waals surface area contributed by atoms with E-state index in [4.69, 9.17) is 4.74 Å². The first-order valence-electron chi connectivity index (χ1n) is 8.41. The van der Waals surface area contributed by atoms with Crippen LogP contribution in [0.1, 0.15) is 17.3 Å². The number of hydrogen-bond donors (Lipinski definition) is 1. The molecule has 0 bridgehead atoms. The molecule has 0 radical (unpaired) electrons. The van der Waals surface area contributed by atoms with Crippen molar-refractivity contribution in [2.45, 2.75) is 6.92 Å². The van der Waals surface area contributed by atoms with E-state index in [1.807, 2.05) is 30.3 Å². The third kappa shape index (κ3) is 2.79. The van der Waals surface area contributed by atoms with E-state index in [0.29, 0.717) is 33.1 Å². The quantitative estimate of drug-likeness (QED) is 0.328. The largest absolute Gasteiger partial charge is 0.462 e. The van der Waals surface area contributed by atoms with Crippen molar-refractivity contribution >= 4 is 33.6 Å². The normalized spacial score (nSPS) is 11.0. The lowest BCUT2D eigenvalue weighted by Crippen LogP contribution is -2.07. The topological polar surface area (TPSA) is 98.1 Å². The Bertz CT molecular complexity index is 1180. The van der Waals surface area contributed by atoms with Crippen molar-refractivity contribution in [2.24, 2.45) is 0 Å². The van der Waals surface area contributed by atoms with Gasteiger partial charge in [-0.2, -0.15) is 0 Å². The van der Waals surface area contributed by atoms with Gasteiger partial charge in [0.05, 0.1) is 17.1 Å². The number of H-pyrrole nitrogens is 1. The minimum Gasteiger partial charge on any atom is -0.462 e. The molecule has 4 rings (SSSR count). The Balaban J connectivity index is 2.13. The van der Waals surface area contributed by atoms with E-state index < -0.39 is 10.9 Å². The highest BCUT2D eigenvalue weighted by Gasteiger charge is 2.22. The number of aromatic amines is 1. The average molecular weight is 361 g/mol. The van der Waals surface area contributed by atoms with Crippen LogP contribution in [0.15, 0.2) is 54.7 Å². The van der Waals surface area contributed by atoms with Crippen LogP contribution in [-0.2, 0) is 4.74 Å². The van der Waals surface area contributed by atoms with Gasteiger partial charge in [0.15, 0.2) is 0 Å². The van der Waals surface area contributed by atoms with E-state index in [-0.39, 0.29) is 12.3 Å². The van der Waals surface area contributed by atoms with Gasteiger partial charge in [0.2, 0.25) is 0 Å². The molecule has 2 heterocycles. The number of aromatic nitrogens is 2. The van der Waals surface area contributed by atoms with E-state index in [9.17, 15) is 14.9 Å². The Morgan fingerprint density at radius 1 is 1.22 bits per heavy atom. The highest BCUT2D eigenvalue weighted by atomic mass is 16.6. The molecule has 0 saturated carbocycles. The number of carbonyl (C=O) groups excluding carboxylic acids is 1. The van der Waals surface area contributed by atoms with Gasteiger partial charge in [-0.05, 0) is 18.6 Å². The second-order valence-corrected chi connectivity index (χ2v) is 5.97. The SMILES string of the molecule is CCOC(=O)c1cnc2[nH]c3ccc([N+](=O)[O-])cc3c2c1-c1ccccc1. The van der Waals surface area contributed by atoms with Gasteiger partial charge in [0.25, 0.3) is 5.69 Å². The molecule has 0 aliphatic carbocycles. The van der Waals surface area contributed by atoms with Crippen molar-refractivity contribution < 1.29 is 14.5 Å². The minimum absolute atomic E-state index is 0.0241. The average Bonchev–Trinajstić information content (AvgIpc) is 3.06. The van der Waals surface area contributed by atoms with Crippen molar-refractivity contribution in [2.75, 3.05) is 6.61 Å². The van der Waals surface area contributed by atoms with Crippen molar-refractivity contribution in [1.82, 2.24) is 9.97 Å². The molecule has 0 saturated heterocycles. The molecule has 2 aromatic heterocycles. The standard InChI is InChI=1S/C20H15N3O4/c1-2-27-20(24)15-11-21-19-18(17(15)12-6-4-3-5-7-12)14-10-13(23(25)26)8-9-16(14)22-19/h3-11H,2H2,1H3,(H,21,22). The molecule has 0 aliphatic heterocycles. The zero-order chi connectivity index (χ0) is 19.0. The Hall–Kier alpha value is -3.74. The summed E-state index contributed by atoms with van der Waals surface area (Å²) in [5, 5.41) is 12.5. The predicted octanol–water partition coefficient (Wildman–Crippen LogP) is 4.47. The first kappa shape index (κ1) is 16.7. The monoisotopic (exact) mass is 361 g/mol. The summed E-state index contributed by atoms with van der Waals surface area (Å²) >= 11 is 0. The van der Waals surface area contributed by atoms with Crippen LogP contribution in [0.4, 0.5) is 5.69 Å². The number of carbonyl (C=O) groups is 1. The van der Waals surface area contributed by atoms with E-state index in [1.54, 1.807) is 13.0 Å². The summed E-state index contributed by atoms with van der Waals surface area (Å²) in [6.07, 6.45) is 1.48. The molecule has 2 aromatic carbocycles. The van der Waals surface area contributed by atoms with Gasteiger partial charge in [-0.15, -0.1) is 0 Å². The number of ether oxygens (including phenoxy) is 1. The second-order valence-electron chi connectivity index (χ2n) is 5.97. The van der Waals surface area contributed by atoms with Gasteiger partial charge in [0.1, 0.15) is 5.65 Å². The van der Waals surface area contributed by atoms with E-state index in [1.165, 1.54) is 18.3 Å². The second kappa shape index (κ2) is 6.53. The molecule has 0 amide bonds. The van der Waals surface area contributed by atoms with Gasteiger partial charge in [-0.1, -0.05) is 30.3 Å². The molecule has 0 atom stereocenters. The number of nitrogens with zero attached hydrogens (tertiary/aromatic N) is 2. The summed E-state index contributed by atoms with van der Waals surface area (Å²) in [4.78, 5) is 30.8. The fraction of sp³-hybridized carbons (Fsp3) is 0.100. The molecule has 0 fully saturated rings. The Kier molecular flexibility index (Phi) is 4.04. The Labute approximate surface area is 153 Å². The molecular formula is C20H15N3O4. The number of benzene rings is 2. The predicted molar refractivity (Wildman–Crippen MR) is 102 cm³/mol. The smallest absolute Gasteiger partial charge is 0.340 e. The number of rotatable bonds is 4. The van der Waals surface area contributed by atoms with Gasteiger partial charge in [-0.3, -0.25) is 10.1 Å². The summed E-state index contributed by atoms with van der Waals surface area (Å²) in [5.74, 6) is -0.481. The van der Waals surface area contributed by atoms with Crippen molar-refractivity contribution in [3.8, 4) is 11.1 Å². The van der Waals surface area contributed by atoms with Crippen molar-refractivity contribution in [3.05, 3.63) is 70.4 Å². The first-order chi connectivity index (χ1) is 13.1. The molecular weight excluding hydrogens is 346 g/mol. The number of nitro benzene ring substituents is 1. The Morgan fingerprint density at radius 2 is 2.00 bits per heavy atom. The summed E-state index contributed by atoms with van der Waals surface area (Å²) in [7, 11) is 0. The lowest BCUT2D eigenvalue weighted by Gasteiger charge is -2.10. The number of non-ortho nitro benzene ring substituents is 1. The Morgan fingerprint density at radius 3 is 2.70 bits per heavy atom. The minimum atomic E-state index is -0.481. The van der Waals surface area contributed by atoms with Gasteiger partial charge >= 0.3 is 5.97 Å². The number of fused-ring (bicyclic) bond motifs is 3. The number of nitrogens with one attached hydrogen (secondary N) is 1. The molecule has 0 aliphatic rings. The molecule has 0 spiro atoms. The summed E-state index contributed by atoms with van der Waals surface area (Å²) in [5.41, 5.74) is 3.01. The fourth-order valence-corrected chi connectivity index (χ4v) is 3.23. The zero-order valence-electron chi connectivity index (χ0n) is 14.4. The summed E-state index contributed by atoms with van der Waals surface area (Å²) in [6, 6.07) is 14.0. The fourth-order valence-electron chi connectivity index (χ4n) is 3.23. The van der Waals surface area contributed by atoms with E-state index in [2.05, 4.69) is 9.97 Å². The first-order valence-corrected chi connectivity index (χ1v) is 8.41. The number of esters is 1. The number of hydrogen-bond acceptors (Lipinski definition) is 5. The highest BCUT2D eigenvalue weighted by molar-refractivity contribution is 6.17. The van der Waals surface area contributed by atoms with Crippen molar-refractivity contribution in [1.29, 1.82) is 0 Å². The van der Waals surface area contributed by atoms with E-state index >= 15 is 0 Å². The molecule has 7 nitrogen and oxygen atoms in total. The number of nitro groups is 1. The van der Waals surface area contributed by atoms with Crippen LogP contribution in [0.5, 0.6) is 0 Å². The third-order valence-corrected chi connectivity index (χ3v) is 4.37. The molecule has 1 N–H and O–H groups in total. The zero-order valence-corrected chi connectivity index (χ0v) is 14.4. The highest BCUT2D eigenvalue weighted by Crippen LogP contribution is 2.37. The maximum absolute atomic E-state index is 12.5. The number of pyridine rings is 1. The summed E-state index contributed by atoms with van der Waals surface area (Å²) < 4.78 is 5.19. The van der Waals surface area contributed by atoms with Crippen molar-refractivity contribution in [3.63, 3.8) is 0 Å².